The van der Waals surface area contributed by atoms with Gasteiger partial charge in [-0.25, -0.2) is 9.67 Å². The van der Waals surface area contributed by atoms with E-state index >= 15 is 0 Å². The number of carbonyl (C=O) groups excluding carboxylic acids is 1. The minimum absolute atomic E-state index is 0.119. The molecule has 3 rings (SSSR count). The van der Waals surface area contributed by atoms with Gasteiger partial charge in [-0.3, -0.25) is 14.8 Å². The molecule has 130 valence electrons. The van der Waals surface area contributed by atoms with E-state index < -0.39 is 5.91 Å². The summed E-state index contributed by atoms with van der Waals surface area (Å²) in [5, 5.41) is 12.2. The topological polar surface area (TPSA) is 77.6 Å². The van der Waals surface area contributed by atoms with E-state index in [1.807, 2.05) is 6.92 Å². The van der Waals surface area contributed by atoms with Gasteiger partial charge in [0.25, 0.3) is 5.91 Å². The van der Waals surface area contributed by atoms with Crippen LogP contribution in [0.3, 0.4) is 0 Å². The Morgan fingerprint density at radius 1 is 1.12 bits per heavy atom. The molecule has 0 aliphatic carbocycles. The third-order valence-corrected chi connectivity index (χ3v) is 4.38. The average molecular weight is 400 g/mol. The molecule has 1 amide bonds. The Bertz CT molecular complexity index is 900. The number of halogens is 3. The Hall–Kier alpha value is -2.09. The molecular formula is C15H13Cl3N6O. The van der Waals surface area contributed by atoms with Gasteiger partial charge in [-0.1, -0.05) is 40.9 Å². The SMILES string of the molecule is CCn1cc(Cl)c(C(=O)Nc2ncn(Cc3c(Cl)cccc3Cl)n2)n1. The lowest BCUT2D eigenvalue weighted by molar-refractivity contribution is 0.102. The highest BCUT2D eigenvalue weighted by Gasteiger charge is 2.17. The molecule has 0 fully saturated rings. The molecule has 0 saturated carbocycles. The van der Waals surface area contributed by atoms with Crippen LogP contribution in [0.2, 0.25) is 15.1 Å². The molecule has 25 heavy (non-hydrogen) atoms. The number of hydrogen-bond acceptors (Lipinski definition) is 4. The van der Waals surface area contributed by atoms with E-state index in [-0.39, 0.29) is 16.7 Å². The third kappa shape index (κ3) is 3.95. The second kappa shape index (κ2) is 7.43. The number of amides is 1. The zero-order valence-corrected chi connectivity index (χ0v) is 15.3. The summed E-state index contributed by atoms with van der Waals surface area (Å²) in [5.74, 6) is -0.346. The van der Waals surface area contributed by atoms with Gasteiger partial charge in [0.15, 0.2) is 5.69 Å². The predicted octanol–water partition coefficient (Wildman–Crippen LogP) is 3.76. The van der Waals surface area contributed by atoms with Crippen LogP contribution in [0, 0.1) is 0 Å². The van der Waals surface area contributed by atoms with Crippen molar-refractivity contribution in [3.8, 4) is 0 Å². The number of aryl methyl sites for hydroxylation is 1. The zero-order valence-electron chi connectivity index (χ0n) is 13.1. The van der Waals surface area contributed by atoms with Crippen molar-refractivity contribution in [3.63, 3.8) is 0 Å². The first kappa shape index (κ1) is 17.7. The van der Waals surface area contributed by atoms with Gasteiger partial charge in [0.1, 0.15) is 6.33 Å². The van der Waals surface area contributed by atoms with Gasteiger partial charge in [-0.05, 0) is 19.1 Å². The fraction of sp³-hybridized carbons (Fsp3) is 0.200. The van der Waals surface area contributed by atoms with Gasteiger partial charge in [0.05, 0.1) is 11.6 Å². The zero-order chi connectivity index (χ0) is 18.0. The van der Waals surface area contributed by atoms with Gasteiger partial charge in [0, 0.05) is 28.4 Å². The van der Waals surface area contributed by atoms with Crippen LogP contribution in [0.25, 0.3) is 0 Å². The summed E-state index contributed by atoms with van der Waals surface area (Å²) >= 11 is 18.3. The Morgan fingerprint density at radius 3 is 2.48 bits per heavy atom. The summed E-state index contributed by atoms with van der Waals surface area (Å²) < 4.78 is 3.09. The van der Waals surface area contributed by atoms with E-state index in [0.29, 0.717) is 23.1 Å². The number of nitrogens with zero attached hydrogens (tertiary/aromatic N) is 5. The Labute approximate surface area is 158 Å². The van der Waals surface area contributed by atoms with E-state index in [9.17, 15) is 4.79 Å². The van der Waals surface area contributed by atoms with Crippen LogP contribution in [0.1, 0.15) is 23.0 Å². The molecule has 1 aromatic carbocycles. The fourth-order valence-electron chi connectivity index (χ4n) is 2.15. The fourth-order valence-corrected chi connectivity index (χ4v) is 2.90. The summed E-state index contributed by atoms with van der Waals surface area (Å²) in [6.07, 6.45) is 3.06. The second-order valence-electron chi connectivity index (χ2n) is 5.10. The van der Waals surface area contributed by atoms with Gasteiger partial charge in [-0.2, -0.15) is 5.10 Å². The Morgan fingerprint density at radius 2 is 1.84 bits per heavy atom. The van der Waals surface area contributed by atoms with Gasteiger partial charge < -0.3 is 0 Å². The number of hydrogen-bond donors (Lipinski definition) is 1. The standard InChI is InChI=1S/C15H13Cl3N6O/c1-2-23-7-12(18)13(21-23)14(25)20-15-19-8-24(22-15)6-9-10(16)4-3-5-11(9)17/h3-5,7-8H,2,6H2,1H3,(H,20,22,25). The molecular weight excluding hydrogens is 387 g/mol. The quantitative estimate of drug-likeness (QED) is 0.708. The van der Waals surface area contributed by atoms with Crippen LogP contribution in [0.5, 0.6) is 0 Å². The molecule has 2 aromatic heterocycles. The van der Waals surface area contributed by atoms with Crippen molar-refractivity contribution in [3.05, 3.63) is 57.0 Å². The largest absolute Gasteiger partial charge is 0.288 e. The minimum Gasteiger partial charge on any atom is -0.288 e. The lowest BCUT2D eigenvalue weighted by atomic mass is 10.2. The molecule has 3 aromatic rings. The maximum Gasteiger partial charge on any atom is 0.280 e. The third-order valence-electron chi connectivity index (χ3n) is 3.40. The normalized spacial score (nSPS) is 10.9. The molecule has 7 nitrogen and oxygen atoms in total. The Balaban J connectivity index is 1.73. The molecule has 0 aliphatic heterocycles. The number of anilines is 1. The van der Waals surface area contributed by atoms with E-state index in [2.05, 4.69) is 20.5 Å². The van der Waals surface area contributed by atoms with Gasteiger partial charge in [0.2, 0.25) is 5.95 Å². The molecule has 0 atom stereocenters. The lowest BCUT2D eigenvalue weighted by Crippen LogP contribution is -2.15. The first-order valence-corrected chi connectivity index (χ1v) is 8.48. The van der Waals surface area contributed by atoms with Crippen molar-refractivity contribution in [1.82, 2.24) is 24.5 Å². The molecule has 10 heteroatoms. The number of benzene rings is 1. The first-order valence-electron chi connectivity index (χ1n) is 7.34. The lowest BCUT2D eigenvalue weighted by Gasteiger charge is -2.06. The van der Waals surface area contributed by atoms with Crippen molar-refractivity contribution in [1.29, 1.82) is 0 Å². The van der Waals surface area contributed by atoms with Crippen LogP contribution in [-0.4, -0.2) is 30.5 Å². The summed E-state index contributed by atoms with van der Waals surface area (Å²) in [6, 6.07) is 5.25. The van der Waals surface area contributed by atoms with Crippen molar-refractivity contribution in [2.75, 3.05) is 5.32 Å². The van der Waals surface area contributed by atoms with Gasteiger partial charge in [-0.15, -0.1) is 5.10 Å². The van der Waals surface area contributed by atoms with Crippen LogP contribution in [-0.2, 0) is 13.1 Å². The molecule has 2 heterocycles. The molecule has 0 radical (unpaired) electrons. The van der Waals surface area contributed by atoms with E-state index in [4.69, 9.17) is 34.8 Å². The highest BCUT2D eigenvalue weighted by Crippen LogP contribution is 2.25. The molecule has 0 spiro atoms. The van der Waals surface area contributed by atoms with Gasteiger partial charge >= 0.3 is 0 Å². The molecule has 0 unspecified atom stereocenters. The summed E-state index contributed by atoms with van der Waals surface area (Å²) in [4.78, 5) is 16.3. The number of nitrogens with one attached hydrogen (secondary N) is 1. The molecule has 0 saturated heterocycles. The maximum absolute atomic E-state index is 12.2. The molecule has 0 bridgehead atoms. The summed E-state index contributed by atoms with van der Waals surface area (Å²) in [5.41, 5.74) is 0.840. The highest BCUT2D eigenvalue weighted by atomic mass is 35.5. The summed E-state index contributed by atoms with van der Waals surface area (Å²) in [7, 11) is 0. The number of rotatable bonds is 5. The van der Waals surface area contributed by atoms with Crippen molar-refractivity contribution in [2.45, 2.75) is 20.0 Å². The summed E-state index contributed by atoms with van der Waals surface area (Å²) in [6.45, 7) is 2.83. The van der Waals surface area contributed by atoms with E-state index in [0.717, 1.165) is 5.56 Å². The van der Waals surface area contributed by atoms with Crippen molar-refractivity contribution >= 4 is 46.7 Å². The monoisotopic (exact) mass is 398 g/mol. The van der Waals surface area contributed by atoms with E-state index in [1.165, 1.54) is 11.0 Å². The van der Waals surface area contributed by atoms with Crippen molar-refractivity contribution in [2.24, 2.45) is 0 Å². The van der Waals surface area contributed by atoms with Crippen LogP contribution >= 0.6 is 34.8 Å². The minimum atomic E-state index is -0.481. The number of aromatic nitrogens is 5. The van der Waals surface area contributed by atoms with E-state index in [1.54, 1.807) is 29.1 Å². The van der Waals surface area contributed by atoms with Crippen LogP contribution in [0.4, 0.5) is 5.95 Å². The predicted molar refractivity (Wildman–Crippen MR) is 96.5 cm³/mol. The second-order valence-corrected chi connectivity index (χ2v) is 6.32. The Kier molecular flexibility index (Phi) is 5.27. The van der Waals surface area contributed by atoms with Crippen LogP contribution < -0.4 is 5.32 Å². The van der Waals surface area contributed by atoms with Crippen molar-refractivity contribution < 1.29 is 4.79 Å². The average Bonchev–Trinajstić information content (AvgIpc) is 3.17. The molecule has 1 N–H and O–H groups in total. The maximum atomic E-state index is 12.2. The highest BCUT2D eigenvalue weighted by molar-refractivity contribution is 6.36. The molecule has 0 aliphatic rings. The van der Waals surface area contributed by atoms with Crippen LogP contribution in [0.15, 0.2) is 30.7 Å². The number of carbonyl (C=O) groups is 1. The smallest absolute Gasteiger partial charge is 0.280 e. The first-order chi connectivity index (χ1) is 12.0.